The normalized spacial score (nSPS) is 12.4. The number of hydrogen-bond acceptors (Lipinski definition) is 4. The van der Waals surface area contributed by atoms with E-state index in [4.69, 9.17) is 0 Å². The van der Waals surface area contributed by atoms with Gasteiger partial charge in [0.05, 0.1) is 10.9 Å². The van der Waals surface area contributed by atoms with Gasteiger partial charge in [-0.1, -0.05) is 13.8 Å². The van der Waals surface area contributed by atoms with E-state index in [9.17, 15) is 8.42 Å². The van der Waals surface area contributed by atoms with E-state index in [1.165, 1.54) is 11.3 Å². The van der Waals surface area contributed by atoms with Crippen LogP contribution in [0.15, 0.2) is 5.38 Å². The van der Waals surface area contributed by atoms with Gasteiger partial charge in [-0.05, 0) is 19.8 Å². The number of nitrogens with zero attached hydrogens (tertiary/aromatic N) is 1. The molecular weight excluding hydrogens is 232 g/mol. The maximum absolute atomic E-state index is 11.5. The summed E-state index contributed by atoms with van der Waals surface area (Å²) in [4.78, 5) is 4.21. The van der Waals surface area contributed by atoms with Crippen molar-refractivity contribution >= 4 is 26.5 Å². The fraction of sp³-hybridized carbons (Fsp3) is 0.667. The zero-order valence-electron chi connectivity index (χ0n) is 9.31. The molecule has 1 heterocycles. The van der Waals surface area contributed by atoms with Crippen molar-refractivity contribution in [2.24, 2.45) is 0 Å². The van der Waals surface area contributed by atoms with Gasteiger partial charge in [-0.2, -0.15) is 0 Å². The first-order valence-electron chi connectivity index (χ1n) is 4.80. The number of thiazole rings is 1. The van der Waals surface area contributed by atoms with Crippen LogP contribution >= 0.6 is 11.3 Å². The molecule has 0 aliphatic rings. The molecule has 0 fully saturated rings. The lowest BCUT2D eigenvalue weighted by molar-refractivity contribution is 0.592. The summed E-state index contributed by atoms with van der Waals surface area (Å²) >= 11 is 1.32. The molecule has 0 radical (unpaired) electrons. The van der Waals surface area contributed by atoms with Crippen LogP contribution in [0.5, 0.6) is 0 Å². The summed E-state index contributed by atoms with van der Waals surface area (Å²) in [5.41, 5.74) is 0.918. The van der Waals surface area contributed by atoms with E-state index < -0.39 is 15.3 Å². The van der Waals surface area contributed by atoms with Gasteiger partial charge in [0, 0.05) is 5.38 Å². The molecule has 1 aromatic heterocycles. The van der Waals surface area contributed by atoms with Crippen molar-refractivity contribution < 1.29 is 8.42 Å². The third kappa shape index (κ3) is 3.17. The van der Waals surface area contributed by atoms with Crippen molar-refractivity contribution in [3.8, 4) is 0 Å². The first kappa shape index (κ1) is 12.4. The third-order valence-corrected chi connectivity index (χ3v) is 4.59. The number of nitrogens with one attached hydrogen (secondary N) is 1. The van der Waals surface area contributed by atoms with Crippen LogP contribution < -0.4 is 4.72 Å². The Balaban J connectivity index is 2.82. The van der Waals surface area contributed by atoms with E-state index in [2.05, 4.69) is 9.71 Å². The largest absolute Gasteiger partial charge is 0.258 e. The highest BCUT2D eigenvalue weighted by Gasteiger charge is 2.17. The molecule has 0 bridgehead atoms. The summed E-state index contributed by atoms with van der Waals surface area (Å²) in [6.45, 7) is 7.32. The Kier molecular flexibility index (Phi) is 3.72. The minimum Gasteiger partial charge on any atom is -0.258 e. The van der Waals surface area contributed by atoms with Gasteiger partial charge in [0.2, 0.25) is 10.0 Å². The minimum atomic E-state index is -3.27. The summed E-state index contributed by atoms with van der Waals surface area (Å²) in [6.07, 6.45) is 0. The summed E-state index contributed by atoms with van der Waals surface area (Å²) in [5, 5.41) is 1.89. The maximum atomic E-state index is 11.5. The molecule has 0 spiro atoms. The average molecular weight is 248 g/mol. The highest BCUT2D eigenvalue weighted by molar-refractivity contribution is 7.93. The van der Waals surface area contributed by atoms with Crippen molar-refractivity contribution in [3.63, 3.8) is 0 Å². The standard InChI is InChI=1S/C9H16N2O2S2/c1-6(2)8-5-14-9(10-8)11-15(12,13)7(3)4/h5-7H,1-4H3,(H,10,11). The number of rotatable bonds is 4. The van der Waals surface area contributed by atoms with E-state index in [0.29, 0.717) is 11.0 Å². The van der Waals surface area contributed by atoms with E-state index in [-0.39, 0.29) is 0 Å². The number of aromatic nitrogens is 1. The SMILES string of the molecule is CC(C)c1csc(NS(=O)(=O)C(C)C)n1. The Morgan fingerprint density at radius 1 is 1.33 bits per heavy atom. The van der Waals surface area contributed by atoms with Crippen LogP contribution in [0.3, 0.4) is 0 Å². The lowest BCUT2D eigenvalue weighted by Crippen LogP contribution is -2.22. The van der Waals surface area contributed by atoms with Crippen molar-refractivity contribution in [1.82, 2.24) is 4.98 Å². The van der Waals surface area contributed by atoms with Crippen molar-refractivity contribution in [2.75, 3.05) is 4.72 Å². The fourth-order valence-electron chi connectivity index (χ4n) is 0.838. The number of sulfonamides is 1. The molecule has 0 saturated carbocycles. The molecule has 6 heteroatoms. The Bertz CT molecular complexity index is 421. The molecule has 0 aromatic carbocycles. The summed E-state index contributed by atoms with van der Waals surface area (Å²) in [7, 11) is -3.27. The van der Waals surface area contributed by atoms with E-state index in [1.54, 1.807) is 13.8 Å². The molecule has 0 amide bonds. The van der Waals surface area contributed by atoms with Crippen molar-refractivity contribution in [2.45, 2.75) is 38.9 Å². The first-order chi connectivity index (χ1) is 6.83. The zero-order valence-corrected chi connectivity index (χ0v) is 10.9. The van der Waals surface area contributed by atoms with Gasteiger partial charge < -0.3 is 0 Å². The van der Waals surface area contributed by atoms with Gasteiger partial charge in [-0.25, -0.2) is 13.4 Å². The predicted molar refractivity (Wildman–Crippen MR) is 63.9 cm³/mol. The molecule has 86 valence electrons. The van der Waals surface area contributed by atoms with Crippen LogP contribution in [0.25, 0.3) is 0 Å². The van der Waals surface area contributed by atoms with Gasteiger partial charge in [0.1, 0.15) is 0 Å². The van der Waals surface area contributed by atoms with Gasteiger partial charge in [0.25, 0.3) is 0 Å². The molecule has 1 rings (SSSR count). The van der Waals surface area contributed by atoms with E-state index in [1.807, 2.05) is 19.2 Å². The second-order valence-corrected chi connectivity index (χ2v) is 7.02. The van der Waals surface area contributed by atoms with Crippen LogP contribution in [0.1, 0.15) is 39.3 Å². The molecule has 0 saturated heterocycles. The molecule has 0 atom stereocenters. The highest BCUT2D eigenvalue weighted by atomic mass is 32.2. The Labute approximate surface area is 94.8 Å². The van der Waals surface area contributed by atoms with E-state index >= 15 is 0 Å². The summed E-state index contributed by atoms with van der Waals surface area (Å²) < 4.78 is 25.5. The quantitative estimate of drug-likeness (QED) is 0.890. The van der Waals surface area contributed by atoms with Crippen LogP contribution in [0.4, 0.5) is 5.13 Å². The minimum absolute atomic E-state index is 0.318. The van der Waals surface area contributed by atoms with Crippen molar-refractivity contribution in [3.05, 3.63) is 11.1 Å². The molecule has 15 heavy (non-hydrogen) atoms. The summed E-state index contributed by atoms with van der Waals surface area (Å²) in [5.74, 6) is 0.318. The molecular formula is C9H16N2O2S2. The average Bonchev–Trinajstić information content (AvgIpc) is 2.51. The van der Waals surface area contributed by atoms with Crippen LogP contribution in [-0.2, 0) is 10.0 Å². The van der Waals surface area contributed by atoms with Gasteiger partial charge >= 0.3 is 0 Å². The topological polar surface area (TPSA) is 59.1 Å². The smallest absolute Gasteiger partial charge is 0.236 e. The second-order valence-electron chi connectivity index (χ2n) is 3.93. The molecule has 1 N–H and O–H groups in total. The van der Waals surface area contributed by atoms with Gasteiger partial charge in [-0.3, -0.25) is 4.72 Å². The molecule has 0 aliphatic carbocycles. The number of anilines is 1. The Morgan fingerprint density at radius 2 is 1.93 bits per heavy atom. The second kappa shape index (κ2) is 4.49. The lowest BCUT2D eigenvalue weighted by Gasteiger charge is -2.07. The first-order valence-corrected chi connectivity index (χ1v) is 7.22. The lowest BCUT2D eigenvalue weighted by atomic mass is 10.2. The van der Waals surface area contributed by atoms with E-state index in [0.717, 1.165) is 5.69 Å². The van der Waals surface area contributed by atoms with Crippen LogP contribution in [-0.4, -0.2) is 18.7 Å². The fourth-order valence-corrected chi connectivity index (χ4v) is 2.62. The van der Waals surface area contributed by atoms with Crippen molar-refractivity contribution in [1.29, 1.82) is 0 Å². The Hall–Kier alpha value is -0.620. The molecule has 1 aromatic rings. The molecule has 0 unspecified atom stereocenters. The van der Waals surface area contributed by atoms with Crippen LogP contribution in [0, 0.1) is 0 Å². The highest BCUT2D eigenvalue weighted by Crippen LogP contribution is 2.22. The Morgan fingerprint density at radius 3 is 2.33 bits per heavy atom. The van der Waals surface area contributed by atoms with Gasteiger partial charge in [0.15, 0.2) is 5.13 Å². The monoisotopic (exact) mass is 248 g/mol. The molecule has 4 nitrogen and oxygen atoms in total. The zero-order chi connectivity index (χ0) is 11.6. The maximum Gasteiger partial charge on any atom is 0.236 e. The van der Waals surface area contributed by atoms with Crippen LogP contribution in [0.2, 0.25) is 0 Å². The van der Waals surface area contributed by atoms with Gasteiger partial charge in [-0.15, -0.1) is 11.3 Å². The predicted octanol–water partition coefficient (Wildman–Crippen LogP) is 2.42. The third-order valence-electron chi connectivity index (χ3n) is 1.96. The molecule has 0 aliphatic heterocycles. The summed E-state index contributed by atoms with van der Waals surface area (Å²) in [6, 6.07) is 0. The number of hydrogen-bond donors (Lipinski definition) is 1.